The number of pyridine rings is 1. The van der Waals surface area contributed by atoms with Gasteiger partial charge in [0, 0.05) is 23.9 Å². The number of methoxy groups -OCH3 is 1. The summed E-state index contributed by atoms with van der Waals surface area (Å²) in [6.07, 6.45) is 5.08. The van der Waals surface area contributed by atoms with Crippen molar-refractivity contribution >= 4 is 17.5 Å². The Morgan fingerprint density at radius 3 is 2.69 bits per heavy atom. The predicted octanol–water partition coefficient (Wildman–Crippen LogP) is 3.18. The molecule has 0 aliphatic heterocycles. The molecule has 2 aromatic rings. The average molecular weight is 353 g/mol. The van der Waals surface area contributed by atoms with E-state index in [4.69, 9.17) is 4.74 Å². The number of nitrogens with one attached hydrogen (secondary N) is 2. The van der Waals surface area contributed by atoms with E-state index in [1.807, 2.05) is 6.92 Å². The molecular weight excluding hydrogens is 330 g/mol. The van der Waals surface area contributed by atoms with Gasteiger partial charge in [-0.05, 0) is 49.9 Å². The smallest absolute Gasteiger partial charge is 0.272 e. The maximum Gasteiger partial charge on any atom is 0.272 e. The van der Waals surface area contributed by atoms with Gasteiger partial charge in [0.05, 0.1) is 12.8 Å². The topological polar surface area (TPSA) is 80.3 Å². The quantitative estimate of drug-likeness (QED) is 0.836. The van der Waals surface area contributed by atoms with Crippen LogP contribution in [0.1, 0.15) is 45.7 Å². The van der Waals surface area contributed by atoms with E-state index in [2.05, 4.69) is 15.6 Å². The van der Waals surface area contributed by atoms with Gasteiger partial charge in [-0.3, -0.25) is 9.59 Å². The van der Waals surface area contributed by atoms with Crippen LogP contribution in [0.5, 0.6) is 5.75 Å². The third kappa shape index (κ3) is 3.85. The van der Waals surface area contributed by atoms with Gasteiger partial charge in [-0.2, -0.15) is 0 Å². The highest BCUT2D eigenvalue weighted by molar-refractivity contribution is 6.09. The van der Waals surface area contributed by atoms with Crippen molar-refractivity contribution in [2.75, 3.05) is 19.0 Å². The lowest BCUT2D eigenvalue weighted by atomic mass is 9.85. The molecule has 1 saturated carbocycles. The van der Waals surface area contributed by atoms with Crippen LogP contribution in [0.4, 0.5) is 5.69 Å². The summed E-state index contributed by atoms with van der Waals surface area (Å²) >= 11 is 0. The molecule has 3 rings (SSSR count). The summed E-state index contributed by atoms with van der Waals surface area (Å²) in [6, 6.07) is 8.65. The van der Waals surface area contributed by atoms with Crippen LogP contribution in [-0.2, 0) is 0 Å². The number of rotatable bonds is 6. The van der Waals surface area contributed by atoms with Gasteiger partial charge in [0.1, 0.15) is 5.75 Å². The van der Waals surface area contributed by atoms with Crippen molar-refractivity contribution in [1.82, 2.24) is 10.3 Å². The molecule has 0 atom stereocenters. The third-order valence-corrected chi connectivity index (χ3v) is 4.80. The number of hydrogen-bond donors (Lipinski definition) is 2. The van der Waals surface area contributed by atoms with Crippen LogP contribution in [-0.4, -0.2) is 30.5 Å². The lowest BCUT2D eigenvalue weighted by Gasteiger charge is -2.25. The van der Waals surface area contributed by atoms with E-state index >= 15 is 0 Å². The van der Waals surface area contributed by atoms with E-state index in [1.54, 1.807) is 43.6 Å². The van der Waals surface area contributed by atoms with E-state index in [1.165, 1.54) is 6.42 Å². The fraction of sp³-hybridized carbons (Fsp3) is 0.350. The van der Waals surface area contributed by atoms with E-state index in [9.17, 15) is 9.59 Å². The summed E-state index contributed by atoms with van der Waals surface area (Å²) in [5.74, 6) is 0.625. The molecule has 1 heterocycles. The Bertz CT molecular complexity index is 816. The molecule has 6 nitrogen and oxygen atoms in total. The zero-order valence-electron chi connectivity index (χ0n) is 15.0. The largest absolute Gasteiger partial charge is 0.496 e. The number of ether oxygens (including phenoxy) is 1. The second-order valence-electron chi connectivity index (χ2n) is 6.49. The molecule has 1 aromatic carbocycles. The highest BCUT2D eigenvalue weighted by Gasteiger charge is 2.21. The van der Waals surface area contributed by atoms with Gasteiger partial charge in [0.15, 0.2) is 5.69 Å². The molecule has 2 N–H and O–H groups in total. The Balaban J connectivity index is 1.75. The van der Waals surface area contributed by atoms with Crippen LogP contribution in [0.15, 0.2) is 36.5 Å². The van der Waals surface area contributed by atoms with Gasteiger partial charge in [-0.15, -0.1) is 0 Å². The van der Waals surface area contributed by atoms with Crippen LogP contribution < -0.4 is 15.4 Å². The molecule has 1 aliphatic rings. The number of carbonyl (C=O) groups excluding carboxylic acids is 2. The molecule has 0 radical (unpaired) electrons. The van der Waals surface area contributed by atoms with Crippen molar-refractivity contribution in [2.24, 2.45) is 5.92 Å². The number of carbonyl (C=O) groups is 2. The maximum atomic E-state index is 12.7. The zero-order chi connectivity index (χ0) is 18.5. The Hall–Kier alpha value is -2.89. The van der Waals surface area contributed by atoms with Gasteiger partial charge < -0.3 is 15.4 Å². The molecule has 0 bridgehead atoms. The van der Waals surface area contributed by atoms with Crippen LogP contribution in [0, 0.1) is 12.8 Å². The standard InChI is InChI=1S/C20H23N3O3/c1-13-15(8-4-10-17(13)26-2)19(24)23-16-9-5-11-21-18(16)20(25)22-12-14-6-3-7-14/h4-5,8-11,14H,3,6-7,12H2,1-2H3,(H,22,25)(H,23,24). The first kappa shape index (κ1) is 17.9. The number of benzene rings is 1. The number of anilines is 1. The minimum Gasteiger partial charge on any atom is -0.496 e. The second-order valence-corrected chi connectivity index (χ2v) is 6.49. The average Bonchev–Trinajstić information content (AvgIpc) is 2.60. The van der Waals surface area contributed by atoms with Crippen LogP contribution in [0.2, 0.25) is 0 Å². The second kappa shape index (κ2) is 7.99. The van der Waals surface area contributed by atoms with E-state index < -0.39 is 0 Å². The monoisotopic (exact) mass is 353 g/mol. The van der Waals surface area contributed by atoms with E-state index in [0.29, 0.717) is 29.5 Å². The number of aromatic nitrogens is 1. The molecule has 0 unspecified atom stereocenters. The summed E-state index contributed by atoms with van der Waals surface area (Å²) < 4.78 is 5.26. The fourth-order valence-electron chi connectivity index (χ4n) is 2.98. The lowest BCUT2D eigenvalue weighted by Crippen LogP contribution is -2.33. The molecule has 0 saturated heterocycles. The van der Waals surface area contributed by atoms with Crippen molar-refractivity contribution in [3.63, 3.8) is 0 Å². The molecule has 0 spiro atoms. The SMILES string of the molecule is COc1cccc(C(=O)Nc2cccnc2C(=O)NCC2CCC2)c1C. The summed E-state index contributed by atoms with van der Waals surface area (Å²) in [7, 11) is 1.57. The molecule has 1 aliphatic carbocycles. The highest BCUT2D eigenvalue weighted by atomic mass is 16.5. The van der Waals surface area contributed by atoms with E-state index in [-0.39, 0.29) is 17.5 Å². The minimum absolute atomic E-state index is 0.223. The Morgan fingerprint density at radius 1 is 1.19 bits per heavy atom. The van der Waals surface area contributed by atoms with Crippen molar-refractivity contribution in [3.05, 3.63) is 53.3 Å². The summed E-state index contributed by atoms with van der Waals surface area (Å²) in [6.45, 7) is 2.47. The van der Waals surface area contributed by atoms with Crippen LogP contribution in [0.3, 0.4) is 0 Å². The number of hydrogen-bond acceptors (Lipinski definition) is 4. The lowest BCUT2D eigenvalue weighted by molar-refractivity contribution is 0.0935. The van der Waals surface area contributed by atoms with Gasteiger partial charge in [0.25, 0.3) is 11.8 Å². The van der Waals surface area contributed by atoms with Gasteiger partial charge in [0.2, 0.25) is 0 Å². The summed E-state index contributed by atoms with van der Waals surface area (Å²) in [5, 5.41) is 5.71. The molecule has 1 aromatic heterocycles. The van der Waals surface area contributed by atoms with Crippen LogP contribution in [0.25, 0.3) is 0 Å². The number of amides is 2. The van der Waals surface area contributed by atoms with Gasteiger partial charge in [-0.1, -0.05) is 12.5 Å². The van der Waals surface area contributed by atoms with Gasteiger partial charge >= 0.3 is 0 Å². The molecule has 26 heavy (non-hydrogen) atoms. The van der Waals surface area contributed by atoms with E-state index in [0.717, 1.165) is 18.4 Å². The third-order valence-electron chi connectivity index (χ3n) is 4.80. The predicted molar refractivity (Wildman–Crippen MR) is 99.6 cm³/mol. The maximum absolute atomic E-state index is 12.7. The fourth-order valence-corrected chi connectivity index (χ4v) is 2.98. The molecule has 1 fully saturated rings. The Labute approximate surface area is 153 Å². The number of nitrogens with zero attached hydrogens (tertiary/aromatic N) is 1. The summed E-state index contributed by atoms with van der Waals surface area (Å²) in [5.41, 5.74) is 1.85. The molecule has 2 amide bonds. The first-order valence-electron chi connectivity index (χ1n) is 8.78. The summed E-state index contributed by atoms with van der Waals surface area (Å²) in [4.78, 5) is 29.3. The first-order valence-corrected chi connectivity index (χ1v) is 8.78. The molecule has 136 valence electrons. The Morgan fingerprint density at radius 2 is 2.00 bits per heavy atom. The van der Waals surface area contributed by atoms with Crippen molar-refractivity contribution in [2.45, 2.75) is 26.2 Å². The van der Waals surface area contributed by atoms with Crippen LogP contribution >= 0.6 is 0 Å². The zero-order valence-corrected chi connectivity index (χ0v) is 15.0. The molecule has 6 heteroatoms. The Kier molecular flexibility index (Phi) is 5.51. The van der Waals surface area contributed by atoms with Gasteiger partial charge in [-0.25, -0.2) is 4.98 Å². The normalized spacial score (nSPS) is 13.6. The first-order chi connectivity index (χ1) is 12.6. The van der Waals surface area contributed by atoms with Crippen molar-refractivity contribution in [1.29, 1.82) is 0 Å². The minimum atomic E-state index is -0.303. The van der Waals surface area contributed by atoms with Crippen molar-refractivity contribution in [3.8, 4) is 5.75 Å². The van der Waals surface area contributed by atoms with Crippen molar-refractivity contribution < 1.29 is 14.3 Å². The highest BCUT2D eigenvalue weighted by Crippen LogP contribution is 2.25. The molecular formula is C20H23N3O3.